The molecule has 0 unspecified atom stereocenters. The largest absolute Gasteiger partial charge is 0.348 e. The smallest absolute Gasteiger partial charge is 0.246 e. The van der Waals surface area contributed by atoms with Gasteiger partial charge in [-0.25, -0.2) is 17.2 Å². The summed E-state index contributed by atoms with van der Waals surface area (Å²) in [6, 6.07) is 2.16. The molecule has 5 nitrogen and oxygen atoms in total. The third-order valence-electron chi connectivity index (χ3n) is 2.44. The van der Waals surface area contributed by atoms with E-state index in [0.717, 1.165) is 19.2 Å². The molecule has 0 heterocycles. The predicted molar refractivity (Wildman–Crippen MR) is 64.9 cm³/mol. The summed E-state index contributed by atoms with van der Waals surface area (Å²) in [5.74, 6) is -2.51. The van der Waals surface area contributed by atoms with E-state index in [4.69, 9.17) is 0 Å². The van der Waals surface area contributed by atoms with Gasteiger partial charge in [0.05, 0.1) is 6.54 Å². The Morgan fingerprint density at radius 1 is 1.21 bits per heavy atom. The van der Waals surface area contributed by atoms with Gasteiger partial charge in [0, 0.05) is 27.2 Å². The fourth-order valence-corrected chi connectivity index (χ4v) is 2.43. The molecule has 0 aromatic heterocycles. The van der Waals surface area contributed by atoms with E-state index in [2.05, 4.69) is 0 Å². The molecule has 8 heteroatoms. The number of amides is 1. The minimum atomic E-state index is -4.17. The molecule has 1 aromatic carbocycles. The summed E-state index contributed by atoms with van der Waals surface area (Å²) in [6.45, 7) is -0.424. The van der Waals surface area contributed by atoms with Crippen LogP contribution < -0.4 is 0 Å². The van der Waals surface area contributed by atoms with Crippen LogP contribution in [-0.4, -0.2) is 51.2 Å². The van der Waals surface area contributed by atoms with Crippen molar-refractivity contribution in [2.45, 2.75) is 4.90 Å². The summed E-state index contributed by atoms with van der Waals surface area (Å²) in [7, 11) is -0.0716. The van der Waals surface area contributed by atoms with E-state index in [1.807, 2.05) is 0 Å². The van der Waals surface area contributed by atoms with Gasteiger partial charge in [-0.2, -0.15) is 4.31 Å². The number of sulfonamides is 1. The fraction of sp³-hybridized carbons (Fsp3) is 0.364. The lowest BCUT2D eigenvalue weighted by atomic mass is 10.3. The van der Waals surface area contributed by atoms with Gasteiger partial charge < -0.3 is 4.90 Å². The van der Waals surface area contributed by atoms with Crippen LogP contribution in [0, 0.1) is 11.6 Å². The molecular formula is C11H14F2N2O3S. The van der Waals surface area contributed by atoms with Gasteiger partial charge in [0.1, 0.15) is 16.5 Å². The molecule has 0 fully saturated rings. The van der Waals surface area contributed by atoms with Gasteiger partial charge >= 0.3 is 0 Å². The van der Waals surface area contributed by atoms with Gasteiger partial charge in [0.25, 0.3) is 0 Å². The third-order valence-corrected chi connectivity index (χ3v) is 4.28. The molecule has 1 amide bonds. The fourth-order valence-electron chi connectivity index (χ4n) is 1.27. The van der Waals surface area contributed by atoms with Crippen molar-refractivity contribution in [1.29, 1.82) is 0 Å². The molecule has 0 bridgehead atoms. The first-order valence-electron chi connectivity index (χ1n) is 5.28. The molecule has 0 atom stereocenters. The standard InChI is InChI=1S/C11H14F2N2O3S/c1-14(2)11(16)7-15(3)19(17,18)10-5-4-8(12)6-9(10)13/h4-6H,7H2,1-3H3. The summed E-state index contributed by atoms with van der Waals surface area (Å²) in [4.78, 5) is 12.0. The van der Waals surface area contributed by atoms with Crippen LogP contribution in [0.15, 0.2) is 23.1 Å². The normalized spacial score (nSPS) is 11.7. The maximum atomic E-state index is 13.5. The van der Waals surface area contributed by atoms with Crippen LogP contribution in [-0.2, 0) is 14.8 Å². The lowest BCUT2D eigenvalue weighted by molar-refractivity contribution is -0.128. The van der Waals surface area contributed by atoms with E-state index in [0.29, 0.717) is 10.4 Å². The van der Waals surface area contributed by atoms with Crippen molar-refractivity contribution in [1.82, 2.24) is 9.21 Å². The Labute approximate surface area is 110 Å². The van der Waals surface area contributed by atoms with Crippen molar-refractivity contribution >= 4 is 15.9 Å². The summed E-state index contributed by atoms with van der Waals surface area (Å²) >= 11 is 0. The van der Waals surface area contributed by atoms with Crippen molar-refractivity contribution in [3.63, 3.8) is 0 Å². The van der Waals surface area contributed by atoms with Gasteiger partial charge in [-0.3, -0.25) is 4.79 Å². The highest BCUT2D eigenvalue weighted by molar-refractivity contribution is 7.89. The summed E-state index contributed by atoms with van der Waals surface area (Å²) in [5, 5.41) is 0. The van der Waals surface area contributed by atoms with Crippen molar-refractivity contribution in [3.8, 4) is 0 Å². The second-order valence-corrected chi connectivity index (χ2v) is 6.14. The van der Waals surface area contributed by atoms with Gasteiger partial charge in [-0.05, 0) is 12.1 Å². The third kappa shape index (κ3) is 3.48. The molecule has 0 aliphatic carbocycles. The maximum Gasteiger partial charge on any atom is 0.246 e. The zero-order chi connectivity index (χ0) is 14.8. The van der Waals surface area contributed by atoms with Crippen LogP contribution in [0.2, 0.25) is 0 Å². The average molecular weight is 292 g/mol. The highest BCUT2D eigenvalue weighted by Crippen LogP contribution is 2.19. The molecule has 106 valence electrons. The summed E-state index contributed by atoms with van der Waals surface area (Å²) in [6.07, 6.45) is 0. The molecule has 1 aromatic rings. The lowest BCUT2D eigenvalue weighted by Crippen LogP contribution is -2.38. The van der Waals surface area contributed by atoms with E-state index in [1.165, 1.54) is 19.0 Å². The highest BCUT2D eigenvalue weighted by Gasteiger charge is 2.26. The number of hydrogen-bond donors (Lipinski definition) is 0. The Kier molecular flexibility index (Phi) is 4.59. The number of nitrogens with zero attached hydrogens (tertiary/aromatic N) is 2. The number of likely N-dealkylation sites (N-methyl/N-ethyl adjacent to an activating group) is 2. The van der Waals surface area contributed by atoms with E-state index >= 15 is 0 Å². The van der Waals surface area contributed by atoms with Crippen molar-refractivity contribution < 1.29 is 22.0 Å². The van der Waals surface area contributed by atoms with Gasteiger partial charge in [-0.15, -0.1) is 0 Å². The van der Waals surface area contributed by atoms with Crippen LogP contribution in [0.1, 0.15) is 0 Å². The monoisotopic (exact) mass is 292 g/mol. The Morgan fingerprint density at radius 3 is 2.26 bits per heavy atom. The lowest BCUT2D eigenvalue weighted by Gasteiger charge is -2.19. The zero-order valence-corrected chi connectivity index (χ0v) is 11.5. The van der Waals surface area contributed by atoms with E-state index in [9.17, 15) is 22.0 Å². The first-order valence-corrected chi connectivity index (χ1v) is 6.72. The van der Waals surface area contributed by atoms with E-state index < -0.39 is 39.0 Å². The predicted octanol–water partition coefficient (Wildman–Crippen LogP) is 0.674. The topological polar surface area (TPSA) is 57.7 Å². The number of halogens is 2. The van der Waals surface area contributed by atoms with Gasteiger partial charge in [0.2, 0.25) is 15.9 Å². The molecule has 1 rings (SSSR count). The first kappa shape index (κ1) is 15.5. The zero-order valence-electron chi connectivity index (χ0n) is 10.7. The van der Waals surface area contributed by atoms with Crippen molar-refractivity contribution in [2.75, 3.05) is 27.7 Å². The van der Waals surface area contributed by atoms with Gasteiger partial charge in [-0.1, -0.05) is 0 Å². The molecule has 0 saturated heterocycles. The van der Waals surface area contributed by atoms with Gasteiger partial charge in [0.15, 0.2) is 0 Å². The molecule has 0 aliphatic heterocycles. The maximum absolute atomic E-state index is 13.5. The number of rotatable bonds is 4. The van der Waals surface area contributed by atoms with Crippen LogP contribution in [0.4, 0.5) is 8.78 Å². The SMILES string of the molecule is CN(C)C(=O)CN(C)S(=O)(=O)c1ccc(F)cc1F. The van der Waals surface area contributed by atoms with Crippen LogP contribution >= 0.6 is 0 Å². The van der Waals surface area contributed by atoms with Crippen LogP contribution in [0.3, 0.4) is 0 Å². The summed E-state index contributed by atoms with van der Waals surface area (Å²) in [5.41, 5.74) is 0. The molecule has 0 saturated carbocycles. The summed E-state index contributed by atoms with van der Waals surface area (Å²) < 4.78 is 50.9. The van der Waals surface area contributed by atoms with E-state index in [1.54, 1.807) is 0 Å². The molecule has 0 aliphatic rings. The van der Waals surface area contributed by atoms with E-state index in [-0.39, 0.29) is 0 Å². The van der Waals surface area contributed by atoms with Crippen molar-refractivity contribution in [3.05, 3.63) is 29.8 Å². The minimum Gasteiger partial charge on any atom is -0.348 e. The molecule has 19 heavy (non-hydrogen) atoms. The Bertz CT molecular complexity index is 588. The number of hydrogen-bond acceptors (Lipinski definition) is 3. The van der Waals surface area contributed by atoms with Crippen LogP contribution in [0.25, 0.3) is 0 Å². The Balaban J connectivity index is 3.07. The second kappa shape index (κ2) is 5.62. The van der Waals surface area contributed by atoms with Crippen molar-refractivity contribution in [2.24, 2.45) is 0 Å². The number of carbonyl (C=O) groups is 1. The Hall–Kier alpha value is -1.54. The van der Waals surface area contributed by atoms with Crippen LogP contribution in [0.5, 0.6) is 0 Å². The quantitative estimate of drug-likeness (QED) is 0.820. The average Bonchev–Trinajstić information content (AvgIpc) is 2.27. The number of benzene rings is 1. The molecular weight excluding hydrogens is 278 g/mol. The molecule has 0 radical (unpaired) electrons. The Morgan fingerprint density at radius 2 is 1.79 bits per heavy atom. The first-order chi connectivity index (χ1) is 8.66. The molecule has 0 spiro atoms. The molecule has 0 N–H and O–H groups in total. The second-order valence-electron chi connectivity index (χ2n) is 4.12. The minimum absolute atomic E-state index is 0.424. The highest BCUT2D eigenvalue weighted by atomic mass is 32.2. The number of carbonyl (C=O) groups excluding carboxylic acids is 1.